The van der Waals surface area contributed by atoms with Crippen LogP contribution in [-0.4, -0.2) is 20.8 Å². The van der Waals surface area contributed by atoms with Crippen molar-refractivity contribution < 1.29 is 12.6 Å². The van der Waals surface area contributed by atoms with Crippen LogP contribution < -0.4 is 0 Å². The van der Waals surface area contributed by atoms with E-state index in [1.165, 1.54) is 25.5 Å². The predicted octanol–water partition coefficient (Wildman–Crippen LogP) is 2.69. The van der Waals surface area contributed by atoms with Gasteiger partial charge in [-0.15, -0.1) is 0 Å². The van der Waals surface area contributed by atoms with Crippen molar-refractivity contribution >= 4 is 10.1 Å². The van der Waals surface area contributed by atoms with Crippen molar-refractivity contribution in [1.82, 2.24) is 0 Å². The summed E-state index contributed by atoms with van der Waals surface area (Å²) in [5.41, 5.74) is 0. The van der Waals surface area contributed by atoms with Gasteiger partial charge in [0.15, 0.2) is 0 Å². The Morgan fingerprint density at radius 2 is 1.50 bits per heavy atom. The van der Waals surface area contributed by atoms with Crippen LogP contribution in [0.1, 0.15) is 25.7 Å². The zero-order valence-electron chi connectivity index (χ0n) is 13.0. The van der Waals surface area contributed by atoms with E-state index in [-0.39, 0.29) is 6.10 Å². The molecule has 11 atom stereocenters. The highest BCUT2D eigenvalue weighted by atomic mass is 32.2. The average molecular weight is 320 g/mol. The normalized spacial score (nSPS) is 62.9. The number of allylic oxidation sites excluding steroid dienone is 2. The molecular formula is C18H24O3S. The van der Waals surface area contributed by atoms with Crippen molar-refractivity contribution in [2.24, 2.45) is 59.2 Å². The third-order valence-electron chi connectivity index (χ3n) is 8.47. The maximum atomic E-state index is 11.6. The van der Waals surface area contributed by atoms with Gasteiger partial charge < -0.3 is 0 Å². The Kier molecular flexibility index (Phi) is 2.26. The number of fused-ring (bicyclic) bond motifs is 16. The van der Waals surface area contributed by atoms with Crippen molar-refractivity contribution in [2.45, 2.75) is 31.8 Å². The van der Waals surface area contributed by atoms with Gasteiger partial charge in [0.2, 0.25) is 0 Å². The molecule has 120 valence electrons. The molecule has 0 aromatic heterocycles. The Hall–Kier alpha value is -0.350. The van der Waals surface area contributed by atoms with Gasteiger partial charge in [0, 0.05) is 0 Å². The van der Waals surface area contributed by atoms with E-state index in [9.17, 15) is 8.42 Å². The highest BCUT2D eigenvalue weighted by Gasteiger charge is 2.71. The molecule has 5 fully saturated rings. The first-order chi connectivity index (χ1) is 10.5. The molecule has 3 nitrogen and oxygen atoms in total. The Bertz CT molecular complexity index is 668. The molecule has 11 unspecified atom stereocenters. The maximum absolute atomic E-state index is 11.6. The van der Waals surface area contributed by atoms with E-state index in [1.54, 1.807) is 0 Å². The number of hydrogen-bond acceptors (Lipinski definition) is 3. The third kappa shape index (κ3) is 1.41. The van der Waals surface area contributed by atoms with Crippen molar-refractivity contribution in [2.75, 3.05) is 6.26 Å². The molecule has 0 saturated heterocycles. The molecule has 0 aromatic rings. The lowest BCUT2D eigenvalue weighted by atomic mass is 9.60. The summed E-state index contributed by atoms with van der Waals surface area (Å²) in [6, 6.07) is 0. The second-order valence-corrected chi connectivity index (χ2v) is 10.7. The average Bonchev–Trinajstić information content (AvgIpc) is 3.22. The van der Waals surface area contributed by atoms with E-state index in [2.05, 4.69) is 12.2 Å². The van der Waals surface area contributed by atoms with Crippen LogP contribution in [0.25, 0.3) is 0 Å². The zero-order valence-corrected chi connectivity index (χ0v) is 13.8. The highest BCUT2D eigenvalue weighted by molar-refractivity contribution is 7.86. The van der Waals surface area contributed by atoms with Crippen molar-refractivity contribution in [3.63, 3.8) is 0 Å². The van der Waals surface area contributed by atoms with Crippen molar-refractivity contribution in [3.8, 4) is 0 Å². The van der Waals surface area contributed by atoms with E-state index >= 15 is 0 Å². The lowest BCUT2D eigenvalue weighted by Crippen LogP contribution is -2.43. The molecule has 4 heteroatoms. The summed E-state index contributed by atoms with van der Waals surface area (Å²) in [4.78, 5) is 0. The molecule has 6 bridgehead atoms. The van der Waals surface area contributed by atoms with Crippen LogP contribution >= 0.6 is 0 Å². The molecule has 0 spiro atoms. The first-order valence-corrected chi connectivity index (χ1v) is 10.9. The van der Waals surface area contributed by atoms with Crippen LogP contribution in [0.15, 0.2) is 12.2 Å². The standard InChI is InChI=1S/C18H24O3S/c1-22(19,20)21-14-6-10-5-11(14)18-13-7-12(17(10)18)15-8-2-3-9(4-8)16(13)15/h2-3,8-18H,4-7H2,1H3. The first-order valence-electron chi connectivity index (χ1n) is 9.08. The summed E-state index contributed by atoms with van der Waals surface area (Å²) in [7, 11) is -3.31. The molecule has 0 N–H and O–H groups in total. The predicted molar refractivity (Wildman–Crippen MR) is 82.2 cm³/mol. The van der Waals surface area contributed by atoms with Gasteiger partial charge in [-0.1, -0.05) is 12.2 Å². The molecule has 0 heterocycles. The van der Waals surface area contributed by atoms with E-state index < -0.39 is 10.1 Å². The topological polar surface area (TPSA) is 43.4 Å². The van der Waals surface area contributed by atoms with Gasteiger partial charge in [-0.05, 0) is 84.9 Å². The molecule has 5 saturated carbocycles. The molecular weight excluding hydrogens is 296 g/mol. The zero-order chi connectivity index (χ0) is 14.8. The van der Waals surface area contributed by atoms with Crippen LogP contribution in [0.5, 0.6) is 0 Å². The summed E-state index contributed by atoms with van der Waals surface area (Å²) in [6.45, 7) is 0. The Morgan fingerprint density at radius 1 is 0.818 bits per heavy atom. The van der Waals surface area contributed by atoms with Gasteiger partial charge in [-0.3, -0.25) is 4.18 Å². The Balaban J connectivity index is 1.34. The van der Waals surface area contributed by atoms with E-state index in [0.29, 0.717) is 5.92 Å². The van der Waals surface area contributed by atoms with Crippen LogP contribution in [-0.2, 0) is 14.3 Å². The fourth-order valence-electron chi connectivity index (χ4n) is 8.52. The molecule has 0 aromatic carbocycles. The quantitative estimate of drug-likeness (QED) is 0.446. The lowest BCUT2D eigenvalue weighted by molar-refractivity contribution is 0.00239. The molecule has 22 heavy (non-hydrogen) atoms. The van der Waals surface area contributed by atoms with Gasteiger partial charge in [0.25, 0.3) is 10.1 Å². The van der Waals surface area contributed by atoms with Crippen LogP contribution in [0.3, 0.4) is 0 Å². The number of hydrogen-bond donors (Lipinski definition) is 0. The van der Waals surface area contributed by atoms with E-state index in [1.807, 2.05) is 0 Å². The minimum Gasteiger partial charge on any atom is -0.267 e. The minimum absolute atomic E-state index is 0.00631. The largest absolute Gasteiger partial charge is 0.267 e. The van der Waals surface area contributed by atoms with E-state index in [4.69, 9.17) is 4.18 Å². The van der Waals surface area contributed by atoms with E-state index in [0.717, 1.165) is 59.7 Å². The van der Waals surface area contributed by atoms with Crippen molar-refractivity contribution in [1.29, 1.82) is 0 Å². The van der Waals surface area contributed by atoms with Crippen LogP contribution in [0.4, 0.5) is 0 Å². The first kappa shape index (κ1) is 13.0. The van der Waals surface area contributed by atoms with Crippen LogP contribution in [0, 0.1) is 59.2 Å². The monoisotopic (exact) mass is 320 g/mol. The second kappa shape index (κ2) is 3.83. The highest BCUT2D eigenvalue weighted by Crippen LogP contribution is 2.75. The summed E-state index contributed by atoms with van der Waals surface area (Å²) in [5, 5.41) is 0. The minimum atomic E-state index is -3.31. The third-order valence-corrected chi connectivity index (χ3v) is 9.07. The Morgan fingerprint density at radius 3 is 2.18 bits per heavy atom. The van der Waals surface area contributed by atoms with Gasteiger partial charge >= 0.3 is 0 Å². The fourth-order valence-corrected chi connectivity index (χ4v) is 9.19. The molecule has 6 aliphatic rings. The molecule has 6 aliphatic carbocycles. The molecule has 0 radical (unpaired) electrons. The summed E-state index contributed by atoms with van der Waals surface area (Å²) >= 11 is 0. The second-order valence-electron chi connectivity index (χ2n) is 9.06. The molecule has 0 aliphatic heterocycles. The van der Waals surface area contributed by atoms with Gasteiger partial charge in [-0.2, -0.15) is 8.42 Å². The van der Waals surface area contributed by atoms with Crippen molar-refractivity contribution in [3.05, 3.63) is 12.2 Å². The van der Waals surface area contributed by atoms with Gasteiger partial charge in [-0.25, -0.2) is 0 Å². The summed E-state index contributed by atoms with van der Waals surface area (Å²) in [5.74, 6) is 8.44. The Labute approximate surface area is 132 Å². The van der Waals surface area contributed by atoms with Crippen LogP contribution in [0.2, 0.25) is 0 Å². The molecule has 6 rings (SSSR count). The smallest absolute Gasteiger partial charge is 0.264 e. The maximum Gasteiger partial charge on any atom is 0.264 e. The SMILES string of the molecule is CS(=O)(=O)OC1CC2CC1C1C3CC(C4C5C=CC(C5)C34)C21. The van der Waals surface area contributed by atoms with Gasteiger partial charge in [0.05, 0.1) is 12.4 Å². The summed E-state index contributed by atoms with van der Waals surface area (Å²) in [6.07, 6.45) is 11.3. The lowest BCUT2D eigenvalue weighted by Gasteiger charge is -2.45. The number of rotatable bonds is 2. The fraction of sp³-hybridized carbons (Fsp3) is 0.889. The molecule has 0 amide bonds. The van der Waals surface area contributed by atoms with Gasteiger partial charge in [0.1, 0.15) is 0 Å². The summed E-state index contributed by atoms with van der Waals surface area (Å²) < 4.78 is 28.6.